The Hall–Kier alpha value is -0.850. The Kier molecular flexibility index (Phi) is 4.65. The normalized spacial score (nSPS) is 10.3. The molecule has 0 atom stereocenters. The number of halogens is 3. The van der Waals surface area contributed by atoms with Gasteiger partial charge in [-0.1, -0.05) is 23.2 Å². The van der Waals surface area contributed by atoms with Gasteiger partial charge in [0, 0.05) is 20.5 Å². The predicted octanol–water partition coefficient (Wildman–Crippen LogP) is 4.55. The lowest BCUT2D eigenvalue weighted by atomic mass is 10.2. The average molecular weight is 407 g/mol. The largest absolute Gasteiger partial charge is 0.321 e. The minimum absolute atomic E-state index is 0.294. The van der Waals surface area contributed by atoms with Crippen LogP contribution in [0.5, 0.6) is 0 Å². The standard InChI is InChI=1S/C13H9Cl2IN2O/c1-7-4-10(15)9(6-17-7)13(19)18-12-3-2-8(14)5-11(12)16/h2-6H,1H3,(H,18,19). The molecule has 0 bridgehead atoms. The summed E-state index contributed by atoms with van der Waals surface area (Å²) in [6, 6.07) is 6.89. The van der Waals surface area contributed by atoms with Crippen molar-refractivity contribution in [3.05, 3.63) is 55.3 Å². The second kappa shape index (κ2) is 6.07. The van der Waals surface area contributed by atoms with E-state index in [-0.39, 0.29) is 5.91 Å². The average Bonchev–Trinajstić information content (AvgIpc) is 2.32. The van der Waals surface area contributed by atoms with Crippen molar-refractivity contribution < 1.29 is 4.79 Å². The first-order valence-electron chi connectivity index (χ1n) is 5.36. The van der Waals surface area contributed by atoms with E-state index in [1.165, 1.54) is 6.20 Å². The fourth-order valence-electron chi connectivity index (χ4n) is 1.47. The summed E-state index contributed by atoms with van der Waals surface area (Å²) < 4.78 is 0.856. The zero-order chi connectivity index (χ0) is 14.0. The highest BCUT2D eigenvalue weighted by Gasteiger charge is 2.12. The highest BCUT2D eigenvalue weighted by Crippen LogP contribution is 2.24. The van der Waals surface area contributed by atoms with E-state index in [0.29, 0.717) is 21.3 Å². The van der Waals surface area contributed by atoms with Crippen LogP contribution >= 0.6 is 45.8 Å². The first-order chi connectivity index (χ1) is 8.97. The van der Waals surface area contributed by atoms with Crippen LogP contribution in [0.1, 0.15) is 16.1 Å². The van der Waals surface area contributed by atoms with Gasteiger partial charge in [0.2, 0.25) is 0 Å². The number of nitrogens with zero attached hydrogens (tertiary/aromatic N) is 1. The van der Waals surface area contributed by atoms with Gasteiger partial charge in [-0.2, -0.15) is 0 Å². The van der Waals surface area contributed by atoms with Crippen LogP contribution in [0, 0.1) is 10.5 Å². The number of carbonyl (C=O) groups excluding carboxylic acids is 1. The number of benzene rings is 1. The molecule has 19 heavy (non-hydrogen) atoms. The van der Waals surface area contributed by atoms with Crippen LogP contribution in [0.2, 0.25) is 10.0 Å². The van der Waals surface area contributed by atoms with Crippen molar-refractivity contribution in [1.29, 1.82) is 0 Å². The molecule has 0 aliphatic rings. The van der Waals surface area contributed by atoms with Gasteiger partial charge < -0.3 is 5.32 Å². The topological polar surface area (TPSA) is 42.0 Å². The molecule has 0 saturated carbocycles. The molecule has 1 aromatic heterocycles. The van der Waals surface area contributed by atoms with Gasteiger partial charge in [-0.15, -0.1) is 0 Å². The number of carbonyl (C=O) groups is 1. The molecule has 3 nitrogen and oxygen atoms in total. The summed E-state index contributed by atoms with van der Waals surface area (Å²) in [5.74, 6) is -0.294. The number of aromatic nitrogens is 1. The molecule has 0 radical (unpaired) electrons. The first-order valence-corrected chi connectivity index (χ1v) is 7.19. The zero-order valence-electron chi connectivity index (χ0n) is 9.88. The van der Waals surface area contributed by atoms with E-state index in [1.54, 1.807) is 24.3 Å². The molecule has 0 saturated heterocycles. The molecule has 0 unspecified atom stereocenters. The van der Waals surface area contributed by atoms with Crippen molar-refractivity contribution in [2.45, 2.75) is 6.92 Å². The summed E-state index contributed by atoms with van der Waals surface area (Å²) in [6.07, 6.45) is 1.47. The highest BCUT2D eigenvalue weighted by atomic mass is 127. The lowest BCUT2D eigenvalue weighted by molar-refractivity contribution is 0.102. The molecular weight excluding hydrogens is 398 g/mol. The molecule has 98 valence electrons. The van der Waals surface area contributed by atoms with E-state index in [9.17, 15) is 4.79 Å². The zero-order valence-corrected chi connectivity index (χ0v) is 13.5. The second-order valence-corrected chi connectivity index (χ2v) is 5.89. The van der Waals surface area contributed by atoms with Crippen LogP contribution in [0.4, 0.5) is 5.69 Å². The molecule has 1 aromatic carbocycles. The van der Waals surface area contributed by atoms with E-state index in [2.05, 4.69) is 32.9 Å². The van der Waals surface area contributed by atoms with E-state index in [1.807, 2.05) is 6.92 Å². The van der Waals surface area contributed by atoms with Gasteiger partial charge in [0.05, 0.1) is 16.3 Å². The van der Waals surface area contributed by atoms with E-state index < -0.39 is 0 Å². The maximum absolute atomic E-state index is 12.1. The Labute approximate surface area is 134 Å². The lowest BCUT2D eigenvalue weighted by Crippen LogP contribution is -2.13. The number of aryl methyl sites for hydroxylation is 1. The SMILES string of the molecule is Cc1cc(Cl)c(C(=O)Nc2ccc(Cl)cc2I)cn1. The van der Waals surface area contributed by atoms with Gasteiger partial charge in [0.15, 0.2) is 0 Å². The lowest BCUT2D eigenvalue weighted by Gasteiger charge is -2.09. The number of anilines is 1. The van der Waals surface area contributed by atoms with Crippen LogP contribution in [0.3, 0.4) is 0 Å². The number of amides is 1. The van der Waals surface area contributed by atoms with Crippen molar-refractivity contribution in [1.82, 2.24) is 4.98 Å². The molecule has 1 N–H and O–H groups in total. The fourth-order valence-corrected chi connectivity index (χ4v) is 2.77. The van der Waals surface area contributed by atoms with Crippen molar-refractivity contribution in [2.24, 2.45) is 0 Å². The van der Waals surface area contributed by atoms with E-state index >= 15 is 0 Å². The molecule has 0 aliphatic carbocycles. The Morgan fingerprint density at radius 2 is 2.05 bits per heavy atom. The Morgan fingerprint density at radius 1 is 1.32 bits per heavy atom. The third-order valence-corrected chi connectivity index (χ3v) is 3.85. The van der Waals surface area contributed by atoms with E-state index in [4.69, 9.17) is 23.2 Å². The van der Waals surface area contributed by atoms with Gasteiger partial charge in [-0.3, -0.25) is 9.78 Å². The van der Waals surface area contributed by atoms with Crippen molar-refractivity contribution in [2.75, 3.05) is 5.32 Å². The number of hydrogen-bond acceptors (Lipinski definition) is 2. The molecule has 6 heteroatoms. The van der Waals surface area contributed by atoms with Gasteiger partial charge in [-0.05, 0) is 53.8 Å². The summed E-state index contributed by atoms with van der Waals surface area (Å²) in [5.41, 5.74) is 1.80. The molecule has 0 fully saturated rings. The molecule has 2 aromatic rings. The monoisotopic (exact) mass is 406 g/mol. The minimum atomic E-state index is -0.294. The fraction of sp³-hybridized carbons (Fsp3) is 0.0769. The van der Waals surface area contributed by atoms with Gasteiger partial charge in [0.25, 0.3) is 5.91 Å². The molecule has 1 amide bonds. The summed E-state index contributed by atoms with van der Waals surface area (Å²) in [5, 5.41) is 3.79. The Bertz CT molecular complexity index is 647. The summed E-state index contributed by atoms with van der Waals surface area (Å²) in [4.78, 5) is 16.2. The van der Waals surface area contributed by atoms with Gasteiger partial charge in [0.1, 0.15) is 0 Å². The molecular formula is C13H9Cl2IN2O. The van der Waals surface area contributed by atoms with Crippen LogP contribution in [0.15, 0.2) is 30.5 Å². The van der Waals surface area contributed by atoms with Gasteiger partial charge in [-0.25, -0.2) is 0 Å². The smallest absolute Gasteiger partial charge is 0.258 e. The number of pyridine rings is 1. The summed E-state index contributed by atoms with van der Waals surface area (Å²) in [6.45, 7) is 1.82. The molecule has 1 heterocycles. The van der Waals surface area contributed by atoms with Crippen molar-refractivity contribution >= 4 is 57.4 Å². The third kappa shape index (κ3) is 3.58. The van der Waals surface area contributed by atoms with Crippen LogP contribution in [0.25, 0.3) is 0 Å². The maximum Gasteiger partial charge on any atom is 0.258 e. The number of nitrogens with one attached hydrogen (secondary N) is 1. The number of rotatable bonds is 2. The molecule has 0 aliphatic heterocycles. The van der Waals surface area contributed by atoms with Crippen molar-refractivity contribution in [3.8, 4) is 0 Å². The first kappa shape index (κ1) is 14.6. The molecule has 0 spiro atoms. The van der Waals surface area contributed by atoms with E-state index in [0.717, 1.165) is 9.26 Å². The maximum atomic E-state index is 12.1. The Balaban J connectivity index is 2.25. The van der Waals surface area contributed by atoms with Crippen LogP contribution in [-0.4, -0.2) is 10.9 Å². The number of hydrogen-bond donors (Lipinski definition) is 1. The minimum Gasteiger partial charge on any atom is -0.321 e. The predicted molar refractivity (Wildman–Crippen MR) is 86.1 cm³/mol. The highest BCUT2D eigenvalue weighted by molar-refractivity contribution is 14.1. The third-order valence-electron chi connectivity index (χ3n) is 2.41. The Morgan fingerprint density at radius 3 is 2.68 bits per heavy atom. The second-order valence-electron chi connectivity index (χ2n) is 3.88. The summed E-state index contributed by atoms with van der Waals surface area (Å²) in [7, 11) is 0. The summed E-state index contributed by atoms with van der Waals surface area (Å²) >= 11 is 14.0. The van der Waals surface area contributed by atoms with Crippen LogP contribution < -0.4 is 5.32 Å². The van der Waals surface area contributed by atoms with Crippen molar-refractivity contribution in [3.63, 3.8) is 0 Å². The quantitative estimate of drug-likeness (QED) is 0.743. The van der Waals surface area contributed by atoms with Crippen LogP contribution in [-0.2, 0) is 0 Å². The molecule has 2 rings (SSSR count). The van der Waals surface area contributed by atoms with Gasteiger partial charge >= 0.3 is 0 Å².